The van der Waals surface area contributed by atoms with Crippen LogP contribution in [0.15, 0.2) is 24.3 Å². The molecule has 0 bridgehead atoms. The van der Waals surface area contributed by atoms with Crippen molar-refractivity contribution in [2.24, 2.45) is 0 Å². The normalized spacial score (nSPS) is 10.6. The lowest BCUT2D eigenvalue weighted by molar-refractivity contribution is 0.399. The van der Waals surface area contributed by atoms with Crippen LogP contribution in [0.1, 0.15) is 0 Å². The highest BCUT2D eigenvalue weighted by molar-refractivity contribution is 5.99. The van der Waals surface area contributed by atoms with Crippen molar-refractivity contribution in [2.45, 2.75) is 0 Å². The zero-order valence-electron chi connectivity index (χ0n) is 7.10. The predicted octanol–water partition coefficient (Wildman–Crippen LogP) is 1.66. The molecule has 0 radical (unpaired) electrons. The van der Waals surface area contributed by atoms with Gasteiger partial charge in [0.15, 0.2) is 11.5 Å². The summed E-state index contributed by atoms with van der Waals surface area (Å²) in [6.45, 7) is 0. The van der Waals surface area contributed by atoms with Crippen LogP contribution >= 0.6 is 0 Å². The van der Waals surface area contributed by atoms with Gasteiger partial charge in [0.25, 0.3) is 0 Å². The molecule has 0 aromatic heterocycles. The van der Waals surface area contributed by atoms with Crippen LogP contribution in [0.5, 0.6) is 23.0 Å². The quantitative estimate of drug-likeness (QED) is 0.378. The standard InChI is InChI=1S/C10H8O4/c11-6-3-1-2-5-7(12)4-8(13)10(14)9(5)6/h1-4,11-14H. The van der Waals surface area contributed by atoms with Crippen molar-refractivity contribution in [3.05, 3.63) is 24.3 Å². The van der Waals surface area contributed by atoms with E-state index >= 15 is 0 Å². The summed E-state index contributed by atoms with van der Waals surface area (Å²) >= 11 is 0. The lowest BCUT2D eigenvalue weighted by Gasteiger charge is -2.06. The van der Waals surface area contributed by atoms with Crippen molar-refractivity contribution in [3.8, 4) is 23.0 Å². The molecule has 2 rings (SSSR count). The van der Waals surface area contributed by atoms with Crippen LogP contribution in [-0.4, -0.2) is 20.4 Å². The van der Waals surface area contributed by atoms with Gasteiger partial charge in [-0.05, 0) is 6.07 Å². The predicted molar refractivity (Wildman–Crippen MR) is 50.6 cm³/mol. The van der Waals surface area contributed by atoms with E-state index < -0.39 is 11.5 Å². The lowest BCUT2D eigenvalue weighted by Crippen LogP contribution is -1.78. The highest BCUT2D eigenvalue weighted by atomic mass is 16.3. The van der Waals surface area contributed by atoms with Gasteiger partial charge in [-0.1, -0.05) is 12.1 Å². The molecule has 4 nitrogen and oxygen atoms in total. The topological polar surface area (TPSA) is 80.9 Å². The van der Waals surface area contributed by atoms with E-state index in [0.717, 1.165) is 6.07 Å². The van der Waals surface area contributed by atoms with Crippen LogP contribution in [0.2, 0.25) is 0 Å². The molecule has 4 N–H and O–H groups in total. The van der Waals surface area contributed by atoms with Crippen molar-refractivity contribution in [1.29, 1.82) is 0 Å². The van der Waals surface area contributed by atoms with E-state index in [-0.39, 0.29) is 16.9 Å². The van der Waals surface area contributed by atoms with E-state index in [1.807, 2.05) is 0 Å². The molecule has 0 saturated carbocycles. The van der Waals surface area contributed by atoms with E-state index in [1.165, 1.54) is 18.2 Å². The largest absolute Gasteiger partial charge is 0.507 e. The second-order valence-electron chi connectivity index (χ2n) is 2.96. The van der Waals surface area contributed by atoms with Gasteiger partial charge >= 0.3 is 0 Å². The Kier molecular flexibility index (Phi) is 1.64. The van der Waals surface area contributed by atoms with Crippen molar-refractivity contribution in [1.82, 2.24) is 0 Å². The second kappa shape index (κ2) is 2.70. The minimum absolute atomic E-state index is 0.0463. The van der Waals surface area contributed by atoms with Gasteiger partial charge in [-0.3, -0.25) is 0 Å². The number of phenolic OH excluding ortho intramolecular Hbond substituents is 4. The minimum Gasteiger partial charge on any atom is -0.507 e. The van der Waals surface area contributed by atoms with E-state index in [2.05, 4.69) is 0 Å². The fourth-order valence-corrected chi connectivity index (χ4v) is 1.41. The molecule has 0 amide bonds. The molecule has 0 heterocycles. The first kappa shape index (κ1) is 8.50. The molecular weight excluding hydrogens is 184 g/mol. The molecule has 2 aromatic carbocycles. The maximum absolute atomic E-state index is 9.44. The monoisotopic (exact) mass is 192 g/mol. The van der Waals surface area contributed by atoms with Gasteiger partial charge in [0.05, 0.1) is 5.39 Å². The lowest BCUT2D eigenvalue weighted by atomic mass is 10.1. The first-order valence-electron chi connectivity index (χ1n) is 3.97. The molecule has 0 saturated heterocycles. The SMILES string of the molecule is Oc1cc(O)c2cccc(O)c2c1O. The van der Waals surface area contributed by atoms with Crippen LogP contribution in [0.4, 0.5) is 0 Å². The molecule has 0 atom stereocenters. The Morgan fingerprint density at radius 3 is 2.21 bits per heavy atom. The molecule has 0 unspecified atom stereocenters. The maximum atomic E-state index is 9.44. The fraction of sp³-hybridized carbons (Fsp3) is 0. The van der Waals surface area contributed by atoms with Gasteiger partial charge in [0.2, 0.25) is 0 Å². The third-order valence-electron chi connectivity index (χ3n) is 2.07. The molecule has 0 spiro atoms. The average molecular weight is 192 g/mol. The van der Waals surface area contributed by atoms with Crippen LogP contribution in [0, 0.1) is 0 Å². The van der Waals surface area contributed by atoms with Crippen LogP contribution in [-0.2, 0) is 0 Å². The van der Waals surface area contributed by atoms with E-state index in [0.29, 0.717) is 5.39 Å². The Bertz CT molecular complexity index is 505. The summed E-state index contributed by atoms with van der Waals surface area (Å²) in [5.41, 5.74) is 0. The molecule has 72 valence electrons. The second-order valence-corrected chi connectivity index (χ2v) is 2.96. The summed E-state index contributed by atoms with van der Waals surface area (Å²) in [5.74, 6) is -1.27. The van der Waals surface area contributed by atoms with Gasteiger partial charge in [-0.15, -0.1) is 0 Å². The van der Waals surface area contributed by atoms with Crippen LogP contribution in [0.3, 0.4) is 0 Å². The summed E-state index contributed by atoms with van der Waals surface area (Å²) in [4.78, 5) is 0. The van der Waals surface area contributed by atoms with Crippen molar-refractivity contribution in [3.63, 3.8) is 0 Å². The zero-order valence-corrected chi connectivity index (χ0v) is 7.10. The van der Waals surface area contributed by atoms with Gasteiger partial charge in [0.1, 0.15) is 11.5 Å². The van der Waals surface area contributed by atoms with E-state index in [9.17, 15) is 20.4 Å². The number of benzene rings is 2. The average Bonchev–Trinajstić information content (AvgIpc) is 2.14. The number of phenols is 4. The molecule has 4 heteroatoms. The minimum atomic E-state index is -0.462. The molecule has 2 aromatic rings. The van der Waals surface area contributed by atoms with E-state index in [4.69, 9.17) is 0 Å². The summed E-state index contributed by atoms with van der Waals surface area (Å²) in [6, 6.07) is 5.45. The summed E-state index contributed by atoms with van der Waals surface area (Å²) in [7, 11) is 0. The van der Waals surface area contributed by atoms with Gasteiger partial charge in [-0.2, -0.15) is 0 Å². The smallest absolute Gasteiger partial charge is 0.169 e. The Morgan fingerprint density at radius 2 is 1.50 bits per heavy atom. The van der Waals surface area contributed by atoms with Crippen LogP contribution in [0.25, 0.3) is 10.8 Å². The highest BCUT2D eigenvalue weighted by Gasteiger charge is 2.12. The summed E-state index contributed by atoms with van der Waals surface area (Å²) in [6.07, 6.45) is 0. The number of hydrogen-bond donors (Lipinski definition) is 4. The summed E-state index contributed by atoms with van der Waals surface area (Å²) < 4.78 is 0. The fourth-order valence-electron chi connectivity index (χ4n) is 1.41. The van der Waals surface area contributed by atoms with Crippen molar-refractivity contribution >= 4 is 10.8 Å². The Morgan fingerprint density at radius 1 is 0.786 bits per heavy atom. The molecule has 14 heavy (non-hydrogen) atoms. The Hall–Kier alpha value is -2.10. The Balaban J connectivity index is 3.03. The van der Waals surface area contributed by atoms with Gasteiger partial charge in [-0.25, -0.2) is 0 Å². The molecule has 0 aliphatic carbocycles. The number of hydrogen-bond acceptors (Lipinski definition) is 4. The van der Waals surface area contributed by atoms with Gasteiger partial charge in [0, 0.05) is 11.5 Å². The van der Waals surface area contributed by atoms with Gasteiger partial charge < -0.3 is 20.4 Å². The third kappa shape index (κ3) is 1.01. The van der Waals surface area contributed by atoms with Crippen molar-refractivity contribution < 1.29 is 20.4 Å². The first-order valence-corrected chi connectivity index (χ1v) is 3.97. The maximum Gasteiger partial charge on any atom is 0.169 e. The molecular formula is C10H8O4. The van der Waals surface area contributed by atoms with E-state index in [1.54, 1.807) is 0 Å². The zero-order chi connectivity index (χ0) is 10.3. The third-order valence-corrected chi connectivity index (χ3v) is 2.07. The first-order chi connectivity index (χ1) is 6.61. The van der Waals surface area contributed by atoms with Crippen molar-refractivity contribution in [2.75, 3.05) is 0 Å². The molecule has 0 aliphatic heterocycles. The Labute approximate surface area is 79.3 Å². The molecule has 0 fully saturated rings. The number of fused-ring (bicyclic) bond motifs is 1. The number of aromatic hydroxyl groups is 4. The highest BCUT2D eigenvalue weighted by Crippen LogP contribution is 2.43. The summed E-state index contributed by atoms with van der Waals surface area (Å²) in [5, 5.41) is 37.8. The number of rotatable bonds is 0. The molecule has 0 aliphatic rings. The van der Waals surface area contributed by atoms with Crippen LogP contribution < -0.4 is 0 Å².